The number of carbonyl (C=O) groups excluding carboxylic acids is 1. The van der Waals surface area contributed by atoms with Gasteiger partial charge in [-0.1, -0.05) is 0 Å². The van der Waals surface area contributed by atoms with Crippen LogP contribution in [0.1, 0.15) is 12.8 Å². The quantitative estimate of drug-likeness (QED) is 0.670. The van der Waals surface area contributed by atoms with Crippen LogP contribution < -0.4 is 10.1 Å². The molecular weight excluding hydrogens is 485 g/mol. The van der Waals surface area contributed by atoms with Crippen molar-refractivity contribution in [2.45, 2.75) is 29.5 Å². The van der Waals surface area contributed by atoms with Gasteiger partial charge in [0.2, 0.25) is 5.91 Å². The van der Waals surface area contributed by atoms with Gasteiger partial charge in [-0.15, -0.1) is 24.5 Å². The van der Waals surface area contributed by atoms with Crippen molar-refractivity contribution in [3.05, 3.63) is 40.2 Å². The normalized spacial score (nSPS) is 18.2. The lowest BCUT2D eigenvalue weighted by Gasteiger charge is -2.22. The summed E-state index contributed by atoms with van der Waals surface area (Å²) in [5.74, 6) is -0.958. The molecule has 1 aromatic heterocycles. The second kappa shape index (κ2) is 8.01. The van der Waals surface area contributed by atoms with Crippen LogP contribution in [-0.4, -0.2) is 37.6 Å². The van der Waals surface area contributed by atoms with Crippen LogP contribution in [0.15, 0.2) is 44.4 Å². The number of halogens is 4. The third-order valence-electron chi connectivity index (χ3n) is 3.97. The van der Waals surface area contributed by atoms with Crippen molar-refractivity contribution in [1.29, 1.82) is 0 Å². The van der Waals surface area contributed by atoms with E-state index in [1.165, 1.54) is 18.2 Å². The van der Waals surface area contributed by atoms with Gasteiger partial charge in [0.05, 0.1) is 3.79 Å². The molecule has 1 saturated heterocycles. The Morgan fingerprint density at radius 1 is 1.21 bits per heavy atom. The van der Waals surface area contributed by atoms with Gasteiger partial charge in [-0.25, -0.2) is 8.42 Å². The molecule has 1 atom stereocenters. The van der Waals surface area contributed by atoms with Crippen LogP contribution in [0.2, 0.25) is 0 Å². The van der Waals surface area contributed by atoms with Gasteiger partial charge in [-0.05, 0) is 65.2 Å². The molecule has 152 valence electrons. The van der Waals surface area contributed by atoms with Crippen LogP contribution in [0, 0.1) is 0 Å². The number of hydrogen-bond donors (Lipinski definition) is 1. The van der Waals surface area contributed by atoms with Crippen molar-refractivity contribution >= 4 is 48.9 Å². The largest absolute Gasteiger partial charge is 0.573 e. The van der Waals surface area contributed by atoms with E-state index >= 15 is 0 Å². The van der Waals surface area contributed by atoms with E-state index in [4.69, 9.17) is 0 Å². The fourth-order valence-corrected chi connectivity index (χ4v) is 6.60. The van der Waals surface area contributed by atoms with E-state index < -0.39 is 34.1 Å². The highest BCUT2D eigenvalue weighted by Crippen LogP contribution is 2.33. The number of rotatable bonds is 5. The zero-order chi connectivity index (χ0) is 20.5. The summed E-state index contributed by atoms with van der Waals surface area (Å²) < 4.78 is 67.9. The van der Waals surface area contributed by atoms with Crippen LogP contribution in [-0.2, 0) is 14.8 Å². The molecule has 0 aliphatic carbocycles. The Kier molecular flexibility index (Phi) is 6.03. The lowest BCUT2D eigenvalue weighted by molar-refractivity contribution is -0.274. The lowest BCUT2D eigenvalue weighted by atomic mass is 10.2. The van der Waals surface area contributed by atoms with E-state index in [1.54, 1.807) is 6.07 Å². The first kappa shape index (κ1) is 21.1. The number of sulfonamides is 1. The maximum absolute atomic E-state index is 12.8. The fourth-order valence-electron chi connectivity index (χ4n) is 2.81. The standard InChI is InChI=1S/C16H14BrF3N2O4S2/c17-13-7-8-14(27-13)28(24,25)22-9-1-2-12(22)15(23)21-10-3-5-11(6-4-10)26-16(18,19)20/h3-8,12H,1-2,9H2,(H,21,23)/t12-/m1/s1. The molecule has 1 aliphatic heterocycles. The minimum atomic E-state index is -4.81. The monoisotopic (exact) mass is 498 g/mol. The summed E-state index contributed by atoms with van der Waals surface area (Å²) in [5, 5.41) is 2.54. The van der Waals surface area contributed by atoms with E-state index in [-0.39, 0.29) is 16.4 Å². The van der Waals surface area contributed by atoms with Crippen LogP contribution in [0.5, 0.6) is 5.75 Å². The van der Waals surface area contributed by atoms with Crippen LogP contribution in [0.3, 0.4) is 0 Å². The van der Waals surface area contributed by atoms with Crippen LogP contribution >= 0.6 is 27.3 Å². The number of hydrogen-bond acceptors (Lipinski definition) is 5. The summed E-state index contributed by atoms with van der Waals surface area (Å²) in [4.78, 5) is 12.6. The molecule has 3 rings (SSSR count). The molecule has 1 amide bonds. The Morgan fingerprint density at radius 3 is 2.46 bits per heavy atom. The van der Waals surface area contributed by atoms with Crippen molar-refractivity contribution in [2.75, 3.05) is 11.9 Å². The smallest absolute Gasteiger partial charge is 0.406 e. The number of alkyl halides is 3. The molecule has 6 nitrogen and oxygen atoms in total. The summed E-state index contributed by atoms with van der Waals surface area (Å²) in [5.41, 5.74) is 0.239. The van der Waals surface area contributed by atoms with Gasteiger partial charge in [0.15, 0.2) is 0 Å². The summed E-state index contributed by atoms with van der Waals surface area (Å²) in [6.45, 7) is 0.217. The summed E-state index contributed by atoms with van der Waals surface area (Å²) in [6.07, 6.45) is -3.92. The summed E-state index contributed by atoms with van der Waals surface area (Å²) in [6, 6.07) is 6.83. The van der Waals surface area contributed by atoms with E-state index in [0.717, 1.165) is 27.8 Å². The molecular formula is C16H14BrF3N2O4S2. The molecule has 0 radical (unpaired) electrons. The predicted molar refractivity (Wildman–Crippen MR) is 101 cm³/mol. The summed E-state index contributed by atoms with van der Waals surface area (Å²) in [7, 11) is -3.82. The number of carbonyl (C=O) groups is 1. The number of nitrogens with one attached hydrogen (secondary N) is 1. The van der Waals surface area contributed by atoms with E-state index in [1.807, 2.05) is 0 Å². The Labute approximate surface area is 171 Å². The first-order chi connectivity index (χ1) is 13.1. The third kappa shape index (κ3) is 4.85. The Hall–Kier alpha value is -1.63. The number of benzene rings is 1. The van der Waals surface area contributed by atoms with Gasteiger partial charge in [-0.3, -0.25) is 4.79 Å². The summed E-state index contributed by atoms with van der Waals surface area (Å²) >= 11 is 4.28. The average molecular weight is 499 g/mol. The maximum Gasteiger partial charge on any atom is 0.573 e. The molecule has 1 aromatic carbocycles. The van der Waals surface area contributed by atoms with Crippen molar-refractivity contribution in [3.63, 3.8) is 0 Å². The highest BCUT2D eigenvalue weighted by atomic mass is 79.9. The van der Waals surface area contributed by atoms with E-state index in [0.29, 0.717) is 16.6 Å². The van der Waals surface area contributed by atoms with E-state index in [2.05, 4.69) is 26.0 Å². The molecule has 0 saturated carbocycles. The lowest BCUT2D eigenvalue weighted by Crippen LogP contribution is -2.42. The number of anilines is 1. The number of ether oxygens (including phenoxy) is 1. The molecule has 1 fully saturated rings. The zero-order valence-electron chi connectivity index (χ0n) is 14.1. The van der Waals surface area contributed by atoms with Gasteiger partial charge in [-0.2, -0.15) is 4.31 Å². The molecule has 28 heavy (non-hydrogen) atoms. The number of amides is 1. The topological polar surface area (TPSA) is 75.7 Å². The Balaban J connectivity index is 1.71. The van der Waals surface area contributed by atoms with Crippen molar-refractivity contribution in [3.8, 4) is 5.75 Å². The number of nitrogens with zero attached hydrogens (tertiary/aromatic N) is 1. The van der Waals surface area contributed by atoms with Crippen molar-refractivity contribution in [2.24, 2.45) is 0 Å². The van der Waals surface area contributed by atoms with Crippen molar-refractivity contribution in [1.82, 2.24) is 4.31 Å². The predicted octanol–water partition coefficient (Wildman–Crippen LogP) is 4.20. The molecule has 2 aromatic rings. The molecule has 12 heteroatoms. The molecule has 0 spiro atoms. The van der Waals surface area contributed by atoms with E-state index in [9.17, 15) is 26.4 Å². The number of thiophene rings is 1. The van der Waals surface area contributed by atoms with Crippen LogP contribution in [0.25, 0.3) is 0 Å². The SMILES string of the molecule is O=C(Nc1ccc(OC(F)(F)F)cc1)[C@H]1CCCN1S(=O)(=O)c1ccc(Br)s1. The highest BCUT2D eigenvalue weighted by Gasteiger charge is 2.40. The highest BCUT2D eigenvalue weighted by molar-refractivity contribution is 9.11. The van der Waals surface area contributed by atoms with Gasteiger partial charge in [0, 0.05) is 12.2 Å². The first-order valence-corrected chi connectivity index (χ1v) is 11.0. The third-order valence-corrected chi connectivity index (χ3v) is 7.97. The second-order valence-electron chi connectivity index (χ2n) is 5.89. The average Bonchev–Trinajstić information content (AvgIpc) is 3.25. The Bertz CT molecular complexity index is 961. The Morgan fingerprint density at radius 2 is 1.89 bits per heavy atom. The molecule has 0 bridgehead atoms. The second-order valence-corrected chi connectivity index (χ2v) is 10.5. The van der Waals surface area contributed by atoms with Gasteiger partial charge in [0.1, 0.15) is 16.0 Å². The molecule has 1 N–H and O–H groups in total. The van der Waals surface area contributed by atoms with Crippen molar-refractivity contribution < 1.29 is 31.1 Å². The van der Waals surface area contributed by atoms with Crippen LogP contribution in [0.4, 0.5) is 18.9 Å². The van der Waals surface area contributed by atoms with Gasteiger partial charge < -0.3 is 10.1 Å². The van der Waals surface area contributed by atoms with Gasteiger partial charge >= 0.3 is 6.36 Å². The molecule has 2 heterocycles. The molecule has 1 aliphatic rings. The minimum absolute atomic E-state index is 0.132. The van der Waals surface area contributed by atoms with Gasteiger partial charge in [0.25, 0.3) is 10.0 Å². The first-order valence-electron chi connectivity index (χ1n) is 8.00. The molecule has 0 unspecified atom stereocenters. The fraction of sp³-hybridized carbons (Fsp3) is 0.312. The maximum atomic E-state index is 12.8. The zero-order valence-corrected chi connectivity index (χ0v) is 17.3. The minimum Gasteiger partial charge on any atom is -0.406 e.